The molecular formula is C41H57N3O11. The van der Waals surface area contributed by atoms with Gasteiger partial charge in [-0.2, -0.15) is 0 Å². The van der Waals surface area contributed by atoms with Crippen molar-refractivity contribution in [1.82, 2.24) is 14.5 Å². The lowest BCUT2D eigenvalue weighted by Crippen LogP contribution is -2.60. The van der Waals surface area contributed by atoms with Crippen molar-refractivity contribution in [1.29, 1.82) is 0 Å². The first-order valence-electron chi connectivity index (χ1n) is 18.8. The molecule has 0 radical (unpaired) electrons. The molecule has 3 heterocycles. The molecule has 0 spiro atoms. The summed E-state index contributed by atoms with van der Waals surface area (Å²) >= 11 is 0. The number of imidazole rings is 1. The number of rotatable bonds is 8. The predicted molar refractivity (Wildman–Crippen MR) is 201 cm³/mol. The molecule has 55 heavy (non-hydrogen) atoms. The number of ketones is 2. The Morgan fingerprint density at radius 3 is 2.31 bits per heavy atom. The minimum atomic E-state index is -1.61. The second-order valence-corrected chi connectivity index (χ2v) is 15.5. The van der Waals surface area contributed by atoms with E-state index in [-0.39, 0.29) is 36.3 Å². The van der Waals surface area contributed by atoms with E-state index in [1.165, 1.54) is 38.8 Å². The highest BCUT2D eigenvalue weighted by atomic mass is 16.7. The number of carbonyl (C=O) groups excluding carboxylic acids is 5. The topological polar surface area (TPSA) is 162 Å². The molecule has 4 rings (SSSR count). The summed E-state index contributed by atoms with van der Waals surface area (Å²) in [5.74, 6) is -5.23. The molecule has 11 atom stereocenters. The molecule has 1 aromatic heterocycles. The standard InChI is InChI=1S/C41H57N3O11/c1-12-31-40(7,55-39(49)44-19-18-42-23-44)21-24(2)32(45)25(3)22-41(8,50-11)35(27(5)33(46)28(6)36(47)52-31)54-38-34(30(43(9)10)20-26(4)51-38)53-37(48)29-16-14-13-15-17-29/h13-19,21,23,25-28,30-31,34-35,38H,12,20,22H2,1-11H3/b24-21-/t25-,26-,27+,28-,30+,31-,34-,35-,38+,40+,41-/m1/s1. The highest BCUT2D eigenvalue weighted by Gasteiger charge is 2.51. The van der Waals surface area contributed by atoms with Gasteiger partial charge in [-0.3, -0.25) is 14.4 Å². The second-order valence-electron chi connectivity index (χ2n) is 15.5. The molecule has 1 saturated heterocycles. The third-order valence-corrected chi connectivity index (χ3v) is 10.9. The Kier molecular flexibility index (Phi) is 14.3. The normalized spacial score (nSPS) is 34.9. The summed E-state index contributed by atoms with van der Waals surface area (Å²) in [6.45, 7) is 13.4. The first kappa shape index (κ1) is 43.5. The van der Waals surface area contributed by atoms with Crippen molar-refractivity contribution in [2.75, 3.05) is 21.2 Å². The number of nitrogens with zero attached hydrogens (tertiary/aromatic N) is 3. The monoisotopic (exact) mass is 767 g/mol. The quantitative estimate of drug-likeness (QED) is 0.190. The Bertz CT molecular complexity index is 1700. The third kappa shape index (κ3) is 9.96. The van der Waals surface area contributed by atoms with Gasteiger partial charge in [-0.25, -0.2) is 19.1 Å². The number of ether oxygens (including phenoxy) is 6. The molecule has 0 saturated carbocycles. The van der Waals surface area contributed by atoms with Gasteiger partial charge < -0.3 is 33.3 Å². The summed E-state index contributed by atoms with van der Waals surface area (Å²) in [6, 6.07) is 8.25. The van der Waals surface area contributed by atoms with Crippen molar-refractivity contribution in [3.63, 3.8) is 0 Å². The fourth-order valence-electron chi connectivity index (χ4n) is 7.68. The number of methoxy groups -OCH3 is 1. The zero-order valence-electron chi connectivity index (χ0n) is 33.8. The van der Waals surface area contributed by atoms with Crippen molar-refractivity contribution in [3.8, 4) is 0 Å². The maximum absolute atomic E-state index is 14.4. The fraction of sp³-hybridized carbons (Fsp3) is 0.610. The van der Waals surface area contributed by atoms with Gasteiger partial charge in [-0.05, 0) is 91.8 Å². The van der Waals surface area contributed by atoms with Crippen LogP contribution in [0.25, 0.3) is 0 Å². The molecule has 1 aromatic carbocycles. The Morgan fingerprint density at radius 1 is 1.05 bits per heavy atom. The van der Waals surface area contributed by atoms with Gasteiger partial charge >= 0.3 is 18.0 Å². The van der Waals surface area contributed by atoms with Crippen LogP contribution in [0.4, 0.5) is 4.79 Å². The number of hydrogen-bond acceptors (Lipinski definition) is 13. The summed E-state index contributed by atoms with van der Waals surface area (Å²) in [5.41, 5.74) is -2.32. The lowest BCUT2D eigenvalue weighted by atomic mass is 9.77. The Balaban J connectivity index is 1.78. The number of benzene rings is 1. The minimum absolute atomic E-state index is 0.0746. The molecule has 0 aliphatic carbocycles. The zero-order valence-corrected chi connectivity index (χ0v) is 33.8. The van der Waals surface area contributed by atoms with E-state index in [2.05, 4.69) is 4.98 Å². The van der Waals surface area contributed by atoms with Gasteiger partial charge in [0.2, 0.25) is 0 Å². The smallest absolute Gasteiger partial charge is 0.420 e. The number of aromatic nitrogens is 2. The van der Waals surface area contributed by atoms with E-state index in [1.807, 2.05) is 25.9 Å². The van der Waals surface area contributed by atoms with E-state index in [9.17, 15) is 24.0 Å². The fourth-order valence-corrected chi connectivity index (χ4v) is 7.68. The molecule has 14 heteroatoms. The lowest BCUT2D eigenvalue weighted by molar-refractivity contribution is -0.294. The second kappa shape index (κ2) is 18.1. The van der Waals surface area contributed by atoms with E-state index in [0.717, 1.165) is 4.57 Å². The van der Waals surface area contributed by atoms with Crippen LogP contribution in [0, 0.1) is 17.8 Å². The lowest BCUT2D eigenvalue weighted by Gasteiger charge is -2.47. The number of esters is 2. The maximum Gasteiger partial charge on any atom is 0.420 e. The molecular weight excluding hydrogens is 710 g/mol. The highest BCUT2D eigenvalue weighted by Crippen LogP contribution is 2.38. The first-order valence-corrected chi connectivity index (χ1v) is 18.8. The van der Waals surface area contributed by atoms with Gasteiger partial charge in [0.1, 0.15) is 18.3 Å². The molecule has 1 fully saturated rings. The summed E-state index contributed by atoms with van der Waals surface area (Å²) in [6.07, 6.45) is 0.963. The van der Waals surface area contributed by atoms with Crippen LogP contribution in [0.1, 0.15) is 85.0 Å². The van der Waals surface area contributed by atoms with E-state index < -0.39 is 77.4 Å². The van der Waals surface area contributed by atoms with E-state index >= 15 is 0 Å². The van der Waals surface area contributed by atoms with Crippen LogP contribution in [0.2, 0.25) is 0 Å². The van der Waals surface area contributed by atoms with Gasteiger partial charge in [0, 0.05) is 31.3 Å². The minimum Gasteiger partial charge on any atom is -0.457 e. The zero-order chi connectivity index (χ0) is 40.8. The van der Waals surface area contributed by atoms with Crippen molar-refractivity contribution in [2.24, 2.45) is 17.8 Å². The van der Waals surface area contributed by atoms with Crippen molar-refractivity contribution >= 4 is 29.6 Å². The van der Waals surface area contributed by atoms with Gasteiger partial charge in [0.25, 0.3) is 0 Å². The van der Waals surface area contributed by atoms with Crippen LogP contribution in [0.5, 0.6) is 0 Å². The van der Waals surface area contributed by atoms with Gasteiger partial charge in [-0.15, -0.1) is 0 Å². The van der Waals surface area contributed by atoms with Crippen molar-refractivity contribution < 1.29 is 52.4 Å². The molecule has 14 nitrogen and oxygen atoms in total. The number of likely N-dealkylation sites (N-methyl/N-ethyl adjacent to an activating group) is 1. The third-order valence-electron chi connectivity index (χ3n) is 10.9. The number of cyclic esters (lactones) is 1. The average molecular weight is 768 g/mol. The van der Waals surface area contributed by atoms with Gasteiger partial charge in [0.15, 0.2) is 29.6 Å². The molecule has 2 aliphatic rings. The number of Topliss-reactive ketones (excluding diaryl/α,β-unsaturated/α-hetero) is 2. The highest BCUT2D eigenvalue weighted by molar-refractivity contribution is 6.00. The van der Waals surface area contributed by atoms with Crippen molar-refractivity contribution in [3.05, 3.63) is 66.3 Å². The predicted octanol–water partition coefficient (Wildman–Crippen LogP) is 5.43. The number of hydrogen-bond donors (Lipinski definition) is 0. The SMILES string of the molecule is CC[C@H]1OC(=O)[C@H](C)C(=O)[C@H](C)[C@@H](O[C@@H]2O[C@H](C)C[C@H](N(C)C)[C@H]2OC(=O)c2ccccc2)[C@](C)(OC)C[C@@H](C)C(=O)/C(C)=C\[C@]1(C)OC(=O)n1ccnc1. The molecule has 2 aromatic rings. The number of carbonyl (C=O) groups is 5. The Morgan fingerprint density at radius 2 is 1.73 bits per heavy atom. The number of allylic oxidation sites excluding steroid dienone is 1. The summed E-state index contributed by atoms with van der Waals surface area (Å²) < 4.78 is 38.5. The van der Waals surface area contributed by atoms with E-state index in [0.29, 0.717) is 12.0 Å². The summed E-state index contributed by atoms with van der Waals surface area (Å²) in [7, 11) is 5.21. The van der Waals surface area contributed by atoms with Crippen LogP contribution in [-0.2, 0) is 42.8 Å². The van der Waals surface area contributed by atoms with Crippen LogP contribution >= 0.6 is 0 Å². The van der Waals surface area contributed by atoms with E-state index in [4.69, 9.17) is 28.4 Å². The van der Waals surface area contributed by atoms with Crippen molar-refractivity contribution in [2.45, 2.75) is 123 Å². The first-order chi connectivity index (χ1) is 25.8. The van der Waals surface area contributed by atoms with E-state index in [1.54, 1.807) is 71.9 Å². The molecule has 302 valence electrons. The van der Waals surface area contributed by atoms with Crippen LogP contribution in [0.15, 0.2) is 60.7 Å². The van der Waals surface area contributed by atoms with Crippen LogP contribution in [0.3, 0.4) is 0 Å². The van der Waals surface area contributed by atoms with Crippen LogP contribution < -0.4 is 0 Å². The summed E-state index contributed by atoms with van der Waals surface area (Å²) in [5, 5.41) is 0. The van der Waals surface area contributed by atoms with Gasteiger partial charge in [0.05, 0.1) is 29.4 Å². The van der Waals surface area contributed by atoms with Gasteiger partial charge in [-0.1, -0.05) is 39.0 Å². The Labute approximate surface area is 323 Å². The van der Waals surface area contributed by atoms with Crippen LogP contribution in [-0.4, -0.2) is 113 Å². The summed E-state index contributed by atoms with van der Waals surface area (Å²) in [4.78, 5) is 74.9. The average Bonchev–Trinajstić information content (AvgIpc) is 3.70. The molecule has 2 aliphatic heterocycles. The molecule has 0 unspecified atom stereocenters. The largest absolute Gasteiger partial charge is 0.457 e. The maximum atomic E-state index is 14.4. The molecule has 0 amide bonds. The Hall–Kier alpha value is -4.24. The molecule has 0 bridgehead atoms. The molecule has 0 N–H and O–H groups in total.